The highest BCUT2D eigenvalue weighted by Crippen LogP contribution is 2.46. The van der Waals surface area contributed by atoms with Gasteiger partial charge < -0.3 is 8.82 Å². The average Bonchev–Trinajstić information content (AvgIpc) is 3.85. The lowest BCUT2D eigenvalue weighted by Crippen LogP contribution is -2.04. The standard InChI is InChI=1S/C48H26N4O/c1-2-12-28(13-3-1)45-41-29-14-5-4-11-27(29)23-25-35(41)49-48(50-45)51-36-19-9-16-30-31-17-8-18-32-33-24-26-40-43(34-15-6-7-22-39(34)53-40)47(33)52(46(31)32)38-21-10-20-37(51)44(38)42(30)36/h1-26H. The number of furan rings is 1. The Morgan fingerprint density at radius 1 is 0.396 bits per heavy atom. The van der Waals surface area contributed by atoms with Gasteiger partial charge in [-0.1, -0.05) is 115 Å². The Labute approximate surface area is 300 Å². The number of hydrogen-bond acceptors (Lipinski definition) is 3. The summed E-state index contributed by atoms with van der Waals surface area (Å²) in [5.74, 6) is 0.653. The van der Waals surface area contributed by atoms with E-state index in [0.29, 0.717) is 5.95 Å². The molecule has 0 aliphatic rings. The highest BCUT2D eigenvalue weighted by atomic mass is 16.3. The van der Waals surface area contributed by atoms with Crippen molar-refractivity contribution in [1.82, 2.24) is 18.9 Å². The van der Waals surface area contributed by atoms with Gasteiger partial charge in [-0.3, -0.25) is 4.57 Å². The van der Waals surface area contributed by atoms with E-state index in [4.69, 9.17) is 14.4 Å². The molecule has 0 spiro atoms. The van der Waals surface area contributed by atoms with Gasteiger partial charge in [0.15, 0.2) is 0 Å². The fourth-order valence-corrected chi connectivity index (χ4v) is 9.33. The molecule has 5 heteroatoms. The number of para-hydroxylation sites is 2. The predicted octanol–water partition coefficient (Wildman–Crippen LogP) is 12.6. The molecule has 0 unspecified atom stereocenters. The van der Waals surface area contributed by atoms with Crippen molar-refractivity contribution in [2.75, 3.05) is 0 Å². The molecule has 0 N–H and O–H groups in total. The van der Waals surface area contributed by atoms with E-state index in [0.717, 1.165) is 71.6 Å². The average molecular weight is 675 g/mol. The van der Waals surface area contributed by atoms with Crippen molar-refractivity contribution >= 4 is 104 Å². The van der Waals surface area contributed by atoms with Crippen LogP contribution in [0.1, 0.15) is 0 Å². The molecule has 5 aromatic heterocycles. The lowest BCUT2D eigenvalue weighted by Gasteiger charge is -2.13. The first kappa shape index (κ1) is 27.5. The normalized spacial score (nSPS) is 12.5. The molecule has 53 heavy (non-hydrogen) atoms. The highest BCUT2D eigenvalue weighted by Gasteiger charge is 2.25. The van der Waals surface area contributed by atoms with E-state index in [2.05, 4.69) is 161 Å². The van der Waals surface area contributed by atoms with E-state index in [1.165, 1.54) is 43.2 Å². The molecule has 0 atom stereocenters. The summed E-state index contributed by atoms with van der Waals surface area (Å²) < 4.78 is 11.2. The van der Waals surface area contributed by atoms with Crippen LogP contribution >= 0.6 is 0 Å². The monoisotopic (exact) mass is 674 g/mol. The van der Waals surface area contributed by atoms with E-state index in [1.54, 1.807) is 0 Å². The van der Waals surface area contributed by atoms with Crippen LogP contribution in [0.15, 0.2) is 162 Å². The summed E-state index contributed by atoms with van der Waals surface area (Å²) in [7, 11) is 0. The molecule has 0 aliphatic heterocycles. The molecule has 0 bridgehead atoms. The second-order valence-electron chi connectivity index (χ2n) is 14.1. The second-order valence-corrected chi connectivity index (χ2v) is 14.1. The van der Waals surface area contributed by atoms with Crippen LogP contribution in [0, 0.1) is 0 Å². The Bertz CT molecular complexity index is 3680. The number of fused-ring (bicyclic) bond motifs is 12. The van der Waals surface area contributed by atoms with Gasteiger partial charge in [-0.25, -0.2) is 9.97 Å². The van der Waals surface area contributed by atoms with Crippen LogP contribution in [-0.2, 0) is 0 Å². The largest absolute Gasteiger partial charge is 0.456 e. The molecule has 13 aromatic rings. The zero-order valence-corrected chi connectivity index (χ0v) is 28.2. The number of rotatable bonds is 2. The summed E-state index contributed by atoms with van der Waals surface area (Å²) in [5.41, 5.74) is 10.3. The third kappa shape index (κ3) is 3.42. The second kappa shape index (κ2) is 9.75. The van der Waals surface area contributed by atoms with Gasteiger partial charge in [0, 0.05) is 43.3 Å². The van der Waals surface area contributed by atoms with Crippen molar-refractivity contribution in [3.05, 3.63) is 158 Å². The maximum Gasteiger partial charge on any atom is 0.235 e. The minimum absolute atomic E-state index is 0.653. The fraction of sp³-hybridized carbons (Fsp3) is 0. The van der Waals surface area contributed by atoms with E-state index in [9.17, 15) is 0 Å². The summed E-state index contributed by atoms with van der Waals surface area (Å²) in [6.45, 7) is 0. The molecule has 0 saturated heterocycles. The van der Waals surface area contributed by atoms with Crippen LogP contribution in [0.3, 0.4) is 0 Å². The van der Waals surface area contributed by atoms with Crippen LogP contribution in [0.4, 0.5) is 0 Å². The molecule has 0 radical (unpaired) electrons. The Balaban J connectivity index is 1.25. The molecular weight excluding hydrogens is 649 g/mol. The molecular formula is C48H26N4O. The number of aromatic nitrogens is 4. The van der Waals surface area contributed by atoms with E-state index in [-0.39, 0.29) is 0 Å². The van der Waals surface area contributed by atoms with Gasteiger partial charge in [-0.2, -0.15) is 0 Å². The Kier molecular flexibility index (Phi) is 5.06. The van der Waals surface area contributed by atoms with Crippen molar-refractivity contribution in [3.8, 4) is 17.2 Å². The maximum absolute atomic E-state index is 6.47. The van der Waals surface area contributed by atoms with Crippen molar-refractivity contribution < 1.29 is 4.42 Å². The Morgan fingerprint density at radius 2 is 1.08 bits per heavy atom. The number of benzene rings is 8. The zero-order chi connectivity index (χ0) is 34.4. The molecule has 5 nitrogen and oxygen atoms in total. The summed E-state index contributed by atoms with van der Waals surface area (Å²) >= 11 is 0. The summed E-state index contributed by atoms with van der Waals surface area (Å²) in [6, 6.07) is 56.2. The first-order chi connectivity index (χ1) is 26.3. The molecule has 244 valence electrons. The third-order valence-corrected chi connectivity index (χ3v) is 11.4. The lowest BCUT2D eigenvalue weighted by molar-refractivity contribution is 0.669. The van der Waals surface area contributed by atoms with Crippen LogP contribution in [0.2, 0.25) is 0 Å². The van der Waals surface area contributed by atoms with Gasteiger partial charge in [0.05, 0.1) is 44.2 Å². The summed E-state index contributed by atoms with van der Waals surface area (Å²) in [6.07, 6.45) is 0. The van der Waals surface area contributed by atoms with Gasteiger partial charge in [0.1, 0.15) is 11.2 Å². The number of nitrogens with zero attached hydrogens (tertiary/aromatic N) is 4. The van der Waals surface area contributed by atoms with Crippen molar-refractivity contribution in [3.63, 3.8) is 0 Å². The smallest absolute Gasteiger partial charge is 0.235 e. The fourth-order valence-electron chi connectivity index (χ4n) is 9.33. The molecule has 8 aromatic carbocycles. The Hall–Kier alpha value is -7.24. The van der Waals surface area contributed by atoms with E-state index >= 15 is 0 Å². The minimum atomic E-state index is 0.653. The molecule has 0 fully saturated rings. The van der Waals surface area contributed by atoms with Crippen LogP contribution in [-0.4, -0.2) is 18.9 Å². The molecule has 0 saturated carbocycles. The van der Waals surface area contributed by atoms with Gasteiger partial charge in [-0.05, 0) is 58.6 Å². The first-order valence-electron chi connectivity index (χ1n) is 18.0. The molecule has 13 rings (SSSR count). The van der Waals surface area contributed by atoms with Gasteiger partial charge in [-0.15, -0.1) is 0 Å². The third-order valence-electron chi connectivity index (χ3n) is 11.4. The number of hydrogen-bond donors (Lipinski definition) is 0. The van der Waals surface area contributed by atoms with Crippen LogP contribution in [0.5, 0.6) is 0 Å². The van der Waals surface area contributed by atoms with Gasteiger partial charge in [0.2, 0.25) is 5.95 Å². The summed E-state index contributed by atoms with van der Waals surface area (Å²) in [5, 5.41) is 12.9. The Morgan fingerprint density at radius 3 is 1.98 bits per heavy atom. The predicted molar refractivity (Wildman–Crippen MR) is 219 cm³/mol. The molecule has 0 aliphatic carbocycles. The first-order valence-corrected chi connectivity index (χ1v) is 18.0. The minimum Gasteiger partial charge on any atom is -0.456 e. The van der Waals surface area contributed by atoms with Crippen molar-refractivity contribution in [2.24, 2.45) is 0 Å². The lowest BCUT2D eigenvalue weighted by atomic mass is 10.0. The zero-order valence-electron chi connectivity index (χ0n) is 28.2. The van der Waals surface area contributed by atoms with Gasteiger partial charge >= 0.3 is 0 Å². The van der Waals surface area contributed by atoms with Crippen molar-refractivity contribution in [2.45, 2.75) is 0 Å². The van der Waals surface area contributed by atoms with E-state index in [1.807, 2.05) is 6.07 Å². The van der Waals surface area contributed by atoms with Crippen molar-refractivity contribution in [1.29, 1.82) is 0 Å². The van der Waals surface area contributed by atoms with Gasteiger partial charge in [0.25, 0.3) is 0 Å². The topological polar surface area (TPSA) is 48.3 Å². The highest BCUT2D eigenvalue weighted by molar-refractivity contribution is 6.33. The molecule has 5 heterocycles. The van der Waals surface area contributed by atoms with E-state index < -0.39 is 0 Å². The quantitative estimate of drug-likeness (QED) is 0.172. The van der Waals surface area contributed by atoms with Crippen LogP contribution in [0.25, 0.3) is 121 Å². The van der Waals surface area contributed by atoms with Crippen LogP contribution < -0.4 is 0 Å². The maximum atomic E-state index is 6.47. The SMILES string of the molecule is c1ccc(-c2nc(-n3c4cccc5c6cccc7c8ccc9oc%10ccccc%10c9c8n(c8cccc3c8c54)c67)nc3ccc4ccccc4c23)cc1. The molecule has 0 amide bonds. The summed E-state index contributed by atoms with van der Waals surface area (Å²) in [4.78, 5) is 10.9.